The van der Waals surface area contributed by atoms with E-state index >= 15 is 0 Å². The zero-order valence-corrected chi connectivity index (χ0v) is 25.3. The number of methoxy groups -OCH3 is 1. The van der Waals surface area contributed by atoms with Crippen LogP contribution >= 0.6 is 11.6 Å². The maximum absolute atomic E-state index is 13.1. The van der Waals surface area contributed by atoms with Crippen LogP contribution in [-0.2, 0) is 34.0 Å². The molecule has 5 rings (SSSR count). The minimum Gasteiger partial charge on any atom is -0.492 e. The van der Waals surface area contributed by atoms with Crippen molar-refractivity contribution in [3.05, 3.63) is 69.1 Å². The number of carbonyl (C=O) groups excluding carboxylic acids is 1. The molecule has 0 atom stereocenters. The molecule has 1 aliphatic carbocycles. The van der Waals surface area contributed by atoms with E-state index in [1.807, 2.05) is 30.3 Å². The standard InChI is InChI=1S/C30H36ClN3O5Si/c1-37-29(35)15-25-30(36)23-7-5-6-8-26(23)34(32-25)17-22-13-21-14-24(31)28(39-18-20-9-10-20)16-27(21)33(22)19-38-11-12-40(2,3)4/h5-8,13-14,16,20H,9-12,15,17-19H2,1-4H3. The predicted molar refractivity (Wildman–Crippen MR) is 160 cm³/mol. The lowest BCUT2D eigenvalue weighted by atomic mass is 10.1. The summed E-state index contributed by atoms with van der Waals surface area (Å²) < 4.78 is 21.0. The number of hydrogen-bond donors (Lipinski definition) is 0. The minimum absolute atomic E-state index is 0.151. The molecule has 0 amide bonds. The molecule has 2 aromatic carbocycles. The summed E-state index contributed by atoms with van der Waals surface area (Å²) in [6.07, 6.45) is 2.20. The monoisotopic (exact) mass is 581 g/mol. The molecule has 1 fully saturated rings. The number of nitrogens with zero attached hydrogens (tertiary/aromatic N) is 3. The number of carbonyl (C=O) groups is 1. The Hall–Kier alpha value is -3.14. The number of esters is 1. The van der Waals surface area contributed by atoms with Gasteiger partial charge < -0.3 is 18.8 Å². The second kappa shape index (κ2) is 11.8. The summed E-state index contributed by atoms with van der Waals surface area (Å²) in [7, 11) is 0.0501. The summed E-state index contributed by atoms with van der Waals surface area (Å²) in [6.45, 7) is 9.06. The van der Waals surface area contributed by atoms with E-state index in [1.54, 1.807) is 10.7 Å². The van der Waals surface area contributed by atoms with E-state index in [4.69, 9.17) is 25.8 Å². The molecule has 4 aromatic rings. The number of para-hydroxylation sites is 1. The Morgan fingerprint density at radius 3 is 2.62 bits per heavy atom. The first-order valence-electron chi connectivity index (χ1n) is 13.7. The van der Waals surface area contributed by atoms with Gasteiger partial charge in [-0.15, -0.1) is 0 Å². The van der Waals surface area contributed by atoms with Crippen LogP contribution in [0.1, 0.15) is 24.2 Å². The second-order valence-electron chi connectivity index (χ2n) is 11.7. The maximum Gasteiger partial charge on any atom is 0.311 e. The van der Waals surface area contributed by atoms with Crippen LogP contribution in [0.5, 0.6) is 5.75 Å². The molecule has 1 aliphatic rings. The van der Waals surface area contributed by atoms with E-state index in [2.05, 4.69) is 35.4 Å². The van der Waals surface area contributed by atoms with Gasteiger partial charge in [0.2, 0.25) is 5.43 Å². The smallest absolute Gasteiger partial charge is 0.311 e. The number of halogens is 1. The first kappa shape index (κ1) is 28.4. The van der Waals surface area contributed by atoms with Crippen LogP contribution in [-0.4, -0.2) is 48.7 Å². The molecule has 1 saturated carbocycles. The van der Waals surface area contributed by atoms with Crippen molar-refractivity contribution in [2.75, 3.05) is 20.3 Å². The van der Waals surface area contributed by atoms with Gasteiger partial charge in [0, 0.05) is 37.2 Å². The van der Waals surface area contributed by atoms with E-state index in [0.717, 1.165) is 22.6 Å². The van der Waals surface area contributed by atoms with Crippen molar-refractivity contribution in [2.24, 2.45) is 5.92 Å². The fourth-order valence-electron chi connectivity index (χ4n) is 4.63. The van der Waals surface area contributed by atoms with Crippen LogP contribution in [0.15, 0.2) is 47.3 Å². The molecule has 212 valence electrons. The lowest BCUT2D eigenvalue weighted by molar-refractivity contribution is -0.139. The molecule has 0 saturated heterocycles. The molecule has 0 bridgehead atoms. The highest BCUT2D eigenvalue weighted by molar-refractivity contribution is 6.76. The third-order valence-corrected chi connectivity index (χ3v) is 9.21. The van der Waals surface area contributed by atoms with Gasteiger partial charge in [0.1, 0.15) is 18.2 Å². The topological polar surface area (TPSA) is 84.6 Å². The summed E-state index contributed by atoms with van der Waals surface area (Å²) in [5.74, 6) is 0.768. The van der Waals surface area contributed by atoms with E-state index in [9.17, 15) is 9.59 Å². The normalized spacial score (nSPS) is 13.7. The number of aromatic nitrogens is 3. The zero-order valence-electron chi connectivity index (χ0n) is 23.5. The molecule has 0 unspecified atom stereocenters. The molecule has 40 heavy (non-hydrogen) atoms. The molecule has 0 aliphatic heterocycles. The number of hydrogen-bond acceptors (Lipinski definition) is 6. The third kappa shape index (κ3) is 6.59. The fraction of sp³-hybridized carbons (Fsp3) is 0.433. The van der Waals surface area contributed by atoms with Crippen LogP contribution in [0.4, 0.5) is 0 Å². The molecule has 0 spiro atoms. The summed E-state index contributed by atoms with van der Waals surface area (Å²) in [4.78, 5) is 25.1. The van der Waals surface area contributed by atoms with Crippen LogP contribution in [0.3, 0.4) is 0 Å². The van der Waals surface area contributed by atoms with E-state index in [1.165, 1.54) is 20.0 Å². The highest BCUT2D eigenvalue weighted by Crippen LogP contribution is 2.35. The molecule has 10 heteroatoms. The van der Waals surface area contributed by atoms with E-state index < -0.39 is 14.0 Å². The molecule has 0 radical (unpaired) electrons. The van der Waals surface area contributed by atoms with Gasteiger partial charge in [-0.3, -0.25) is 14.3 Å². The van der Waals surface area contributed by atoms with Gasteiger partial charge >= 0.3 is 5.97 Å². The van der Waals surface area contributed by atoms with E-state index in [-0.39, 0.29) is 17.5 Å². The Balaban J connectivity index is 1.55. The average molecular weight is 582 g/mol. The minimum atomic E-state index is -1.25. The van der Waals surface area contributed by atoms with Gasteiger partial charge in [-0.05, 0) is 49.1 Å². The van der Waals surface area contributed by atoms with Crippen molar-refractivity contribution in [1.29, 1.82) is 0 Å². The van der Waals surface area contributed by atoms with Crippen LogP contribution in [0.25, 0.3) is 21.8 Å². The van der Waals surface area contributed by atoms with Gasteiger partial charge in [-0.1, -0.05) is 43.4 Å². The van der Waals surface area contributed by atoms with Crippen molar-refractivity contribution in [1.82, 2.24) is 14.3 Å². The molecular formula is C30H36ClN3O5Si. The fourth-order valence-corrected chi connectivity index (χ4v) is 5.61. The number of fused-ring (bicyclic) bond motifs is 2. The highest BCUT2D eigenvalue weighted by atomic mass is 35.5. The van der Waals surface area contributed by atoms with Crippen molar-refractivity contribution in [3.8, 4) is 5.75 Å². The Kier molecular flexibility index (Phi) is 8.35. The van der Waals surface area contributed by atoms with Crippen LogP contribution in [0.2, 0.25) is 30.7 Å². The van der Waals surface area contributed by atoms with Crippen molar-refractivity contribution in [2.45, 2.75) is 58.2 Å². The molecule has 0 N–H and O–H groups in total. The average Bonchev–Trinajstić information content (AvgIpc) is 3.69. The molecule has 2 aromatic heterocycles. The van der Waals surface area contributed by atoms with E-state index in [0.29, 0.717) is 54.1 Å². The number of ether oxygens (including phenoxy) is 3. The highest BCUT2D eigenvalue weighted by Gasteiger charge is 2.23. The molecule has 2 heterocycles. The lowest BCUT2D eigenvalue weighted by Gasteiger charge is -2.18. The number of benzene rings is 2. The van der Waals surface area contributed by atoms with Gasteiger partial charge in [-0.2, -0.15) is 5.10 Å². The summed E-state index contributed by atoms with van der Waals surface area (Å²) >= 11 is 6.63. The lowest BCUT2D eigenvalue weighted by Crippen LogP contribution is -2.24. The van der Waals surface area contributed by atoms with Crippen molar-refractivity contribution >= 4 is 47.4 Å². The maximum atomic E-state index is 13.1. The number of rotatable bonds is 12. The Morgan fingerprint density at radius 1 is 1.12 bits per heavy atom. The Morgan fingerprint density at radius 2 is 1.90 bits per heavy atom. The van der Waals surface area contributed by atoms with Crippen molar-refractivity contribution < 1.29 is 19.0 Å². The first-order valence-corrected chi connectivity index (χ1v) is 17.8. The Bertz CT molecular complexity index is 1600. The summed E-state index contributed by atoms with van der Waals surface area (Å²) in [6, 6.07) is 14.4. The van der Waals surface area contributed by atoms with Gasteiger partial charge in [-0.25, -0.2) is 0 Å². The largest absolute Gasteiger partial charge is 0.492 e. The van der Waals surface area contributed by atoms with Gasteiger partial charge in [0.15, 0.2) is 0 Å². The third-order valence-electron chi connectivity index (χ3n) is 7.21. The van der Waals surface area contributed by atoms with Gasteiger partial charge in [0.25, 0.3) is 0 Å². The Labute approximate surface area is 239 Å². The first-order chi connectivity index (χ1) is 19.1. The quantitative estimate of drug-likeness (QED) is 0.118. The summed E-state index contributed by atoms with van der Waals surface area (Å²) in [5.41, 5.74) is 2.46. The zero-order chi connectivity index (χ0) is 28.4. The predicted octanol–water partition coefficient (Wildman–Crippen LogP) is 5.87. The van der Waals surface area contributed by atoms with Crippen LogP contribution in [0, 0.1) is 5.92 Å². The SMILES string of the molecule is COC(=O)Cc1nn(Cc2cc3cc(Cl)c(OCC4CC4)cc3n2COCC[Si](C)(C)C)c2ccccc2c1=O. The van der Waals surface area contributed by atoms with Crippen LogP contribution < -0.4 is 10.2 Å². The molecule has 8 nitrogen and oxygen atoms in total. The van der Waals surface area contributed by atoms with Crippen molar-refractivity contribution in [3.63, 3.8) is 0 Å². The molecular weight excluding hydrogens is 546 g/mol. The van der Waals surface area contributed by atoms with Gasteiger partial charge in [0.05, 0.1) is 42.7 Å². The second-order valence-corrected chi connectivity index (χ2v) is 17.7. The summed E-state index contributed by atoms with van der Waals surface area (Å²) in [5, 5.41) is 6.66.